The Morgan fingerprint density at radius 3 is 2.94 bits per heavy atom. The molecule has 1 N–H and O–H groups in total. The Hall–Kier alpha value is -0.570. The highest BCUT2D eigenvalue weighted by Gasteiger charge is 2.22. The van der Waals surface area contributed by atoms with Crippen LogP contribution in [0.5, 0.6) is 0 Å². The first-order valence-electron chi connectivity index (χ1n) is 5.37. The molecule has 4 heteroatoms. The molecule has 0 spiro atoms. The highest BCUT2D eigenvalue weighted by atomic mass is 35.5. The summed E-state index contributed by atoms with van der Waals surface area (Å²) in [5, 5.41) is 4.41. The lowest BCUT2D eigenvalue weighted by Crippen LogP contribution is -2.31. The molecule has 1 aromatic rings. The first-order chi connectivity index (χ1) is 7.66. The quantitative estimate of drug-likeness (QED) is 0.903. The van der Waals surface area contributed by atoms with Crippen LogP contribution in [0, 0.1) is 0 Å². The fourth-order valence-electron chi connectivity index (χ4n) is 1.95. The Labute approximate surface area is 105 Å². The molecule has 2 rings (SSSR count). The molecule has 2 nitrogen and oxygen atoms in total. The molecule has 1 aliphatic heterocycles. The second kappa shape index (κ2) is 5.17. The van der Waals surface area contributed by atoms with E-state index in [2.05, 4.69) is 5.32 Å². The Balaban J connectivity index is 2.07. The summed E-state index contributed by atoms with van der Waals surface area (Å²) < 4.78 is 0. The van der Waals surface area contributed by atoms with Gasteiger partial charge in [0.05, 0.1) is 6.04 Å². The molecule has 0 bridgehead atoms. The van der Waals surface area contributed by atoms with Gasteiger partial charge in [0, 0.05) is 16.5 Å². The summed E-state index contributed by atoms with van der Waals surface area (Å²) in [6, 6.07) is 5.21. The fourth-order valence-corrected chi connectivity index (χ4v) is 2.33. The smallest absolute Gasteiger partial charge is 0.154 e. The normalized spacial score (nSPS) is 20.0. The predicted molar refractivity (Wildman–Crippen MR) is 66.2 cm³/mol. The number of rotatable bonds is 3. The van der Waals surface area contributed by atoms with Crippen molar-refractivity contribution in [1.29, 1.82) is 0 Å². The van der Waals surface area contributed by atoms with Crippen molar-refractivity contribution in [3.8, 4) is 0 Å². The zero-order chi connectivity index (χ0) is 11.5. The van der Waals surface area contributed by atoms with Crippen LogP contribution in [0.1, 0.15) is 18.4 Å². The van der Waals surface area contributed by atoms with Gasteiger partial charge < -0.3 is 5.32 Å². The van der Waals surface area contributed by atoms with Crippen LogP contribution >= 0.6 is 23.2 Å². The Morgan fingerprint density at radius 1 is 1.44 bits per heavy atom. The van der Waals surface area contributed by atoms with Gasteiger partial charge in [-0.05, 0) is 43.1 Å². The minimum absolute atomic E-state index is 0.00458. The molecule has 1 aromatic carbocycles. The molecule has 1 heterocycles. The molecule has 1 unspecified atom stereocenters. The maximum Gasteiger partial charge on any atom is 0.154 e. The number of nitrogens with one attached hydrogen (secondary N) is 1. The minimum atomic E-state index is -0.00458. The molecule has 16 heavy (non-hydrogen) atoms. The lowest BCUT2D eigenvalue weighted by atomic mass is 10.0. The van der Waals surface area contributed by atoms with Gasteiger partial charge >= 0.3 is 0 Å². The van der Waals surface area contributed by atoms with E-state index < -0.39 is 0 Å². The minimum Gasteiger partial charge on any atom is -0.307 e. The van der Waals surface area contributed by atoms with Crippen LogP contribution in [0.4, 0.5) is 0 Å². The van der Waals surface area contributed by atoms with Crippen LogP contribution in [0.25, 0.3) is 0 Å². The summed E-state index contributed by atoms with van der Waals surface area (Å²) in [5.41, 5.74) is 0.813. The maximum absolute atomic E-state index is 11.9. The van der Waals surface area contributed by atoms with E-state index in [9.17, 15) is 4.79 Å². The molecule has 0 aliphatic carbocycles. The van der Waals surface area contributed by atoms with Crippen LogP contribution in [0.15, 0.2) is 18.2 Å². The first kappa shape index (κ1) is 11.9. The number of ketones is 1. The van der Waals surface area contributed by atoms with Gasteiger partial charge in [-0.25, -0.2) is 0 Å². The molecule has 0 radical (unpaired) electrons. The number of hydrogen-bond donors (Lipinski definition) is 1. The Kier molecular flexibility index (Phi) is 3.85. The van der Waals surface area contributed by atoms with Crippen LogP contribution in [0.2, 0.25) is 10.0 Å². The lowest BCUT2D eigenvalue weighted by Gasteiger charge is -2.10. The SMILES string of the molecule is O=C(Cc1cc(Cl)ccc1Cl)C1CCCN1. The van der Waals surface area contributed by atoms with Gasteiger partial charge in [0.1, 0.15) is 0 Å². The zero-order valence-corrected chi connectivity index (χ0v) is 10.3. The van der Waals surface area contributed by atoms with Crippen molar-refractivity contribution in [3.05, 3.63) is 33.8 Å². The second-order valence-corrected chi connectivity index (χ2v) is 4.87. The Bertz CT molecular complexity index is 400. The summed E-state index contributed by atoms with van der Waals surface area (Å²) in [6.45, 7) is 0.930. The van der Waals surface area contributed by atoms with Gasteiger partial charge in [0.15, 0.2) is 5.78 Å². The van der Waals surface area contributed by atoms with Gasteiger partial charge in [-0.2, -0.15) is 0 Å². The summed E-state index contributed by atoms with van der Waals surface area (Å²) in [6.07, 6.45) is 2.35. The molecule has 1 aliphatic rings. The second-order valence-electron chi connectivity index (χ2n) is 4.03. The Morgan fingerprint density at radius 2 is 2.25 bits per heavy atom. The first-order valence-corrected chi connectivity index (χ1v) is 6.12. The molecule has 1 fully saturated rings. The molecule has 0 saturated carbocycles. The van der Waals surface area contributed by atoms with Crippen LogP contribution in [-0.2, 0) is 11.2 Å². The molecular formula is C12H13Cl2NO. The van der Waals surface area contributed by atoms with Gasteiger partial charge in [-0.1, -0.05) is 23.2 Å². The van der Waals surface area contributed by atoms with Crippen LogP contribution < -0.4 is 5.32 Å². The van der Waals surface area contributed by atoms with Crippen molar-refractivity contribution in [2.24, 2.45) is 0 Å². The van der Waals surface area contributed by atoms with E-state index in [0.29, 0.717) is 16.5 Å². The number of carbonyl (C=O) groups is 1. The molecule has 0 amide bonds. The van der Waals surface area contributed by atoms with Gasteiger partial charge in [-0.3, -0.25) is 4.79 Å². The zero-order valence-electron chi connectivity index (χ0n) is 8.80. The van der Waals surface area contributed by atoms with Crippen LogP contribution in [0.3, 0.4) is 0 Å². The van der Waals surface area contributed by atoms with Crippen molar-refractivity contribution < 1.29 is 4.79 Å². The summed E-state index contributed by atoms with van der Waals surface area (Å²) in [5.74, 6) is 0.196. The van der Waals surface area contributed by atoms with Crippen molar-refractivity contribution >= 4 is 29.0 Å². The van der Waals surface area contributed by atoms with Gasteiger partial charge in [0.25, 0.3) is 0 Å². The summed E-state index contributed by atoms with van der Waals surface area (Å²) in [7, 11) is 0. The highest BCUT2D eigenvalue weighted by Crippen LogP contribution is 2.22. The molecular weight excluding hydrogens is 245 g/mol. The molecule has 1 saturated heterocycles. The van der Waals surface area contributed by atoms with E-state index in [4.69, 9.17) is 23.2 Å². The van der Waals surface area contributed by atoms with Gasteiger partial charge in [-0.15, -0.1) is 0 Å². The summed E-state index contributed by atoms with van der Waals surface area (Å²) >= 11 is 11.9. The van der Waals surface area contributed by atoms with E-state index in [-0.39, 0.29) is 11.8 Å². The number of carbonyl (C=O) groups excluding carboxylic acids is 1. The van der Waals surface area contributed by atoms with E-state index in [1.165, 1.54) is 0 Å². The average Bonchev–Trinajstić information content (AvgIpc) is 2.76. The number of hydrogen-bond acceptors (Lipinski definition) is 2. The topological polar surface area (TPSA) is 29.1 Å². The largest absolute Gasteiger partial charge is 0.307 e. The van der Waals surface area contributed by atoms with Crippen molar-refractivity contribution in [1.82, 2.24) is 5.32 Å². The van der Waals surface area contributed by atoms with E-state index in [1.807, 2.05) is 0 Å². The predicted octanol–water partition coefficient (Wildman–Crippen LogP) is 2.86. The summed E-state index contributed by atoms with van der Waals surface area (Å²) in [4.78, 5) is 11.9. The molecule has 0 aromatic heterocycles. The number of Topliss-reactive ketones (excluding diaryl/α,β-unsaturated/α-hetero) is 1. The van der Waals surface area contributed by atoms with Crippen molar-refractivity contribution in [2.75, 3.05) is 6.54 Å². The highest BCUT2D eigenvalue weighted by molar-refractivity contribution is 6.33. The molecule has 86 valence electrons. The monoisotopic (exact) mass is 257 g/mol. The third kappa shape index (κ3) is 2.76. The maximum atomic E-state index is 11.9. The number of benzene rings is 1. The van der Waals surface area contributed by atoms with E-state index in [0.717, 1.165) is 24.9 Å². The van der Waals surface area contributed by atoms with Crippen molar-refractivity contribution in [2.45, 2.75) is 25.3 Å². The average molecular weight is 258 g/mol. The third-order valence-electron chi connectivity index (χ3n) is 2.82. The van der Waals surface area contributed by atoms with E-state index in [1.54, 1.807) is 18.2 Å². The number of halogens is 2. The van der Waals surface area contributed by atoms with Crippen LogP contribution in [-0.4, -0.2) is 18.4 Å². The van der Waals surface area contributed by atoms with Crippen molar-refractivity contribution in [3.63, 3.8) is 0 Å². The third-order valence-corrected chi connectivity index (χ3v) is 3.43. The fraction of sp³-hybridized carbons (Fsp3) is 0.417. The standard InChI is InChI=1S/C12H13Cl2NO/c13-9-3-4-10(14)8(6-9)7-12(16)11-2-1-5-15-11/h3-4,6,11,15H,1-2,5,7H2. The molecule has 1 atom stereocenters. The van der Waals surface area contributed by atoms with E-state index >= 15 is 0 Å². The lowest BCUT2D eigenvalue weighted by molar-refractivity contribution is -0.120. The van der Waals surface area contributed by atoms with Gasteiger partial charge in [0.2, 0.25) is 0 Å².